The number of imidazole rings is 1. The van der Waals surface area contributed by atoms with Crippen LogP contribution in [0.1, 0.15) is 48.7 Å². The fraction of sp³-hybridized carbons (Fsp3) is 0.478. The number of aromatic nitrogens is 4. The fourth-order valence-electron chi connectivity index (χ4n) is 4.01. The highest BCUT2D eigenvalue weighted by atomic mass is 16.5. The van der Waals surface area contributed by atoms with Crippen LogP contribution in [0.25, 0.3) is 0 Å². The molecule has 3 heterocycles. The van der Waals surface area contributed by atoms with Gasteiger partial charge in [0.15, 0.2) is 6.23 Å². The zero-order valence-electron chi connectivity index (χ0n) is 17.3. The number of benzene rings is 1. The average molecular weight is 394 g/mol. The summed E-state index contributed by atoms with van der Waals surface area (Å²) in [5, 5.41) is 4.59. The Bertz CT molecular complexity index is 867. The smallest absolute Gasteiger partial charge is 0.150 e. The monoisotopic (exact) mass is 393 g/mol. The summed E-state index contributed by atoms with van der Waals surface area (Å²) in [5.41, 5.74) is 3.96. The maximum Gasteiger partial charge on any atom is 0.150 e. The second kappa shape index (κ2) is 9.85. The molecule has 0 unspecified atom stereocenters. The third-order valence-electron chi connectivity index (χ3n) is 5.67. The van der Waals surface area contributed by atoms with E-state index in [1.165, 1.54) is 23.2 Å². The van der Waals surface area contributed by atoms with E-state index in [-0.39, 0.29) is 6.23 Å². The summed E-state index contributed by atoms with van der Waals surface area (Å²) in [6, 6.07) is 10.8. The van der Waals surface area contributed by atoms with Gasteiger partial charge in [-0.15, -0.1) is 0 Å². The van der Waals surface area contributed by atoms with Gasteiger partial charge in [0.1, 0.15) is 0 Å². The van der Waals surface area contributed by atoms with E-state index in [4.69, 9.17) is 4.74 Å². The van der Waals surface area contributed by atoms with E-state index < -0.39 is 0 Å². The molecule has 6 nitrogen and oxygen atoms in total. The topological polar surface area (TPSA) is 48.1 Å². The van der Waals surface area contributed by atoms with Crippen LogP contribution < -0.4 is 0 Å². The van der Waals surface area contributed by atoms with Crippen molar-refractivity contribution in [3.05, 3.63) is 72.1 Å². The van der Waals surface area contributed by atoms with Gasteiger partial charge in [-0.05, 0) is 49.8 Å². The highest BCUT2D eigenvalue weighted by Gasteiger charge is 2.20. The average Bonchev–Trinajstić information content (AvgIpc) is 3.42. The zero-order valence-corrected chi connectivity index (χ0v) is 17.3. The molecule has 1 saturated heterocycles. The van der Waals surface area contributed by atoms with Gasteiger partial charge in [0.25, 0.3) is 0 Å². The molecule has 1 fully saturated rings. The van der Waals surface area contributed by atoms with Crippen molar-refractivity contribution in [1.82, 2.24) is 24.2 Å². The second-order valence-electron chi connectivity index (χ2n) is 7.88. The predicted molar refractivity (Wildman–Crippen MR) is 113 cm³/mol. The standard InChI is InChI=1S/C23H31N5O/c1-20-7-2-3-8-21(20)17-27(14-6-13-26-15-12-24-19-26)18-22-10-11-25-28(22)23-9-4-5-16-29-23/h2-3,7-8,10-12,15,19,23H,4-6,9,13-14,16-18H2,1H3/t23-/m0/s1. The number of hydrogen-bond acceptors (Lipinski definition) is 4. The summed E-state index contributed by atoms with van der Waals surface area (Å²) in [7, 11) is 0. The minimum atomic E-state index is 0.0833. The Balaban J connectivity index is 1.46. The Hall–Kier alpha value is -2.44. The molecule has 0 saturated carbocycles. The number of hydrogen-bond donors (Lipinski definition) is 0. The largest absolute Gasteiger partial charge is 0.357 e. The van der Waals surface area contributed by atoms with E-state index in [1.54, 1.807) is 0 Å². The summed E-state index contributed by atoms with van der Waals surface area (Å²) in [5.74, 6) is 0. The Kier molecular flexibility index (Phi) is 6.75. The van der Waals surface area contributed by atoms with Gasteiger partial charge in [-0.25, -0.2) is 9.67 Å². The molecule has 2 aromatic heterocycles. The molecule has 6 heteroatoms. The Labute approximate surface area is 173 Å². The van der Waals surface area contributed by atoms with E-state index in [2.05, 4.69) is 61.5 Å². The van der Waals surface area contributed by atoms with Crippen LogP contribution >= 0.6 is 0 Å². The summed E-state index contributed by atoms with van der Waals surface area (Å²) >= 11 is 0. The van der Waals surface area contributed by atoms with Crippen LogP contribution in [-0.2, 0) is 24.4 Å². The van der Waals surface area contributed by atoms with Gasteiger partial charge < -0.3 is 9.30 Å². The first-order valence-corrected chi connectivity index (χ1v) is 10.7. The van der Waals surface area contributed by atoms with Crippen LogP contribution in [-0.4, -0.2) is 37.4 Å². The molecule has 0 radical (unpaired) electrons. The lowest BCUT2D eigenvalue weighted by Gasteiger charge is -2.27. The third-order valence-corrected chi connectivity index (χ3v) is 5.67. The van der Waals surface area contributed by atoms with Gasteiger partial charge >= 0.3 is 0 Å². The van der Waals surface area contributed by atoms with Crippen molar-refractivity contribution in [2.45, 2.75) is 58.5 Å². The van der Waals surface area contributed by atoms with Crippen LogP contribution in [0, 0.1) is 6.92 Å². The van der Waals surface area contributed by atoms with E-state index in [0.717, 1.165) is 52.0 Å². The SMILES string of the molecule is Cc1ccccc1CN(CCCn1ccnc1)Cc1ccnn1[C@@H]1CCCCO1. The Morgan fingerprint density at radius 1 is 1.14 bits per heavy atom. The molecule has 3 aromatic rings. The van der Waals surface area contributed by atoms with Crippen molar-refractivity contribution in [1.29, 1.82) is 0 Å². The van der Waals surface area contributed by atoms with Crippen LogP contribution in [0.5, 0.6) is 0 Å². The van der Waals surface area contributed by atoms with Crippen molar-refractivity contribution in [2.75, 3.05) is 13.2 Å². The van der Waals surface area contributed by atoms with Crippen LogP contribution in [0.3, 0.4) is 0 Å². The van der Waals surface area contributed by atoms with Gasteiger partial charge in [-0.3, -0.25) is 4.90 Å². The Morgan fingerprint density at radius 2 is 2.07 bits per heavy atom. The molecule has 0 spiro atoms. The second-order valence-corrected chi connectivity index (χ2v) is 7.88. The fourth-order valence-corrected chi connectivity index (χ4v) is 4.01. The zero-order chi connectivity index (χ0) is 19.9. The van der Waals surface area contributed by atoms with Gasteiger partial charge in [-0.2, -0.15) is 5.10 Å². The van der Waals surface area contributed by atoms with Crippen LogP contribution in [0.15, 0.2) is 55.2 Å². The molecule has 29 heavy (non-hydrogen) atoms. The van der Waals surface area contributed by atoms with Gasteiger partial charge in [0.2, 0.25) is 0 Å². The van der Waals surface area contributed by atoms with Gasteiger partial charge in [0.05, 0.1) is 12.0 Å². The first-order chi connectivity index (χ1) is 14.3. The summed E-state index contributed by atoms with van der Waals surface area (Å²) in [6.07, 6.45) is 12.2. The van der Waals surface area contributed by atoms with E-state index >= 15 is 0 Å². The molecule has 1 aliphatic rings. The van der Waals surface area contributed by atoms with Crippen molar-refractivity contribution in [3.8, 4) is 0 Å². The number of nitrogens with zero attached hydrogens (tertiary/aromatic N) is 5. The molecule has 4 rings (SSSR count). The molecule has 0 amide bonds. The highest BCUT2D eigenvalue weighted by Crippen LogP contribution is 2.24. The van der Waals surface area contributed by atoms with Crippen LogP contribution in [0.4, 0.5) is 0 Å². The lowest BCUT2D eigenvalue weighted by Crippen LogP contribution is -2.28. The van der Waals surface area contributed by atoms with Crippen molar-refractivity contribution < 1.29 is 4.74 Å². The third kappa shape index (κ3) is 5.34. The van der Waals surface area contributed by atoms with Crippen molar-refractivity contribution in [3.63, 3.8) is 0 Å². The van der Waals surface area contributed by atoms with Crippen molar-refractivity contribution in [2.24, 2.45) is 0 Å². The summed E-state index contributed by atoms with van der Waals surface area (Å²) < 4.78 is 10.2. The minimum absolute atomic E-state index is 0.0833. The minimum Gasteiger partial charge on any atom is -0.357 e. The lowest BCUT2D eigenvalue weighted by atomic mass is 10.1. The molecule has 0 aliphatic carbocycles. The Morgan fingerprint density at radius 3 is 2.86 bits per heavy atom. The molecule has 1 aliphatic heterocycles. The van der Waals surface area contributed by atoms with E-state index in [9.17, 15) is 0 Å². The molecule has 154 valence electrons. The number of rotatable bonds is 9. The molecular formula is C23H31N5O. The van der Waals surface area contributed by atoms with Crippen LogP contribution in [0.2, 0.25) is 0 Å². The molecule has 1 atom stereocenters. The maximum atomic E-state index is 5.98. The van der Waals surface area contributed by atoms with Crippen molar-refractivity contribution >= 4 is 0 Å². The molecule has 1 aromatic carbocycles. The summed E-state index contributed by atoms with van der Waals surface area (Å²) in [4.78, 5) is 6.67. The summed E-state index contributed by atoms with van der Waals surface area (Å²) in [6.45, 7) is 6.84. The van der Waals surface area contributed by atoms with Gasteiger partial charge in [0, 0.05) is 51.4 Å². The predicted octanol–water partition coefficient (Wildman–Crippen LogP) is 4.18. The molecule has 0 N–H and O–H groups in total. The first-order valence-electron chi connectivity index (χ1n) is 10.7. The quantitative estimate of drug-likeness (QED) is 0.547. The van der Waals surface area contributed by atoms with E-state index in [0.29, 0.717) is 0 Å². The normalized spacial score (nSPS) is 17.1. The molecular weight excluding hydrogens is 362 g/mol. The number of aryl methyl sites for hydroxylation is 2. The lowest BCUT2D eigenvalue weighted by molar-refractivity contribution is -0.0421. The molecule has 0 bridgehead atoms. The highest BCUT2D eigenvalue weighted by molar-refractivity contribution is 5.25. The number of ether oxygens (including phenoxy) is 1. The first kappa shape index (κ1) is 19.9. The maximum absolute atomic E-state index is 5.98. The van der Waals surface area contributed by atoms with Gasteiger partial charge in [-0.1, -0.05) is 24.3 Å². The van der Waals surface area contributed by atoms with E-state index in [1.807, 2.05) is 24.9 Å².